The lowest BCUT2D eigenvalue weighted by Gasteiger charge is -2.36. The van der Waals surface area contributed by atoms with E-state index in [4.69, 9.17) is 10.5 Å². The zero-order chi connectivity index (χ0) is 18.4. The number of likely N-dealkylation sites (tertiary alicyclic amines) is 1. The van der Waals surface area contributed by atoms with Crippen LogP contribution in [0.15, 0.2) is 0 Å². The van der Waals surface area contributed by atoms with Crippen molar-refractivity contribution in [3.63, 3.8) is 0 Å². The van der Waals surface area contributed by atoms with Crippen molar-refractivity contribution in [2.24, 2.45) is 17.6 Å². The summed E-state index contributed by atoms with van der Waals surface area (Å²) in [6.45, 7) is 7.07. The van der Waals surface area contributed by atoms with Crippen molar-refractivity contribution in [3.8, 4) is 0 Å². The highest BCUT2D eigenvalue weighted by atomic mass is 16.5. The van der Waals surface area contributed by atoms with Crippen LogP contribution in [0, 0.1) is 11.8 Å². The number of ether oxygens (including phenoxy) is 1. The first-order valence-electron chi connectivity index (χ1n) is 9.07. The number of hydrogen-bond donors (Lipinski definition) is 2. The third-order valence-corrected chi connectivity index (χ3v) is 4.88. The van der Waals surface area contributed by atoms with Crippen LogP contribution in [0.25, 0.3) is 0 Å². The topological polar surface area (TPSA) is 105 Å². The normalized spacial score (nSPS) is 22.6. The number of hydrogen-bond acceptors (Lipinski definition) is 5. The Morgan fingerprint density at radius 2 is 1.84 bits per heavy atom. The minimum absolute atomic E-state index is 0.0145. The molecule has 3 N–H and O–H groups in total. The van der Waals surface area contributed by atoms with Crippen molar-refractivity contribution >= 4 is 17.7 Å². The van der Waals surface area contributed by atoms with E-state index < -0.39 is 6.04 Å². The maximum absolute atomic E-state index is 12.6. The van der Waals surface area contributed by atoms with Crippen molar-refractivity contribution in [1.82, 2.24) is 15.1 Å². The standard InChI is InChI=1S/C17H30N4O4/c1-12(2)15(18)16(23)19-10-14(22)21-5-3-4-13(11-21)17(24)20-6-8-25-9-7-20/h12-13,15H,3-11,18H2,1-2H3,(H,19,23)/t13?,15-/m0/s1. The van der Waals surface area contributed by atoms with Crippen molar-refractivity contribution in [3.05, 3.63) is 0 Å². The summed E-state index contributed by atoms with van der Waals surface area (Å²) in [7, 11) is 0. The second kappa shape index (κ2) is 9.15. The zero-order valence-electron chi connectivity index (χ0n) is 15.2. The van der Waals surface area contributed by atoms with Gasteiger partial charge in [-0.2, -0.15) is 0 Å². The molecule has 8 heteroatoms. The smallest absolute Gasteiger partial charge is 0.241 e. The summed E-state index contributed by atoms with van der Waals surface area (Å²) in [6.07, 6.45) is 1.59. The predicted octanol–water partition coefficient (Wildman–Crippen LogP) is -0.817. The summed E-state index contributed by atoms with van der Waals surface area (Å²) in [5.74, 6) is -0.526. The molecule has 3 amide bonds. The molecular weight excluding hydrogens is 324 g/mol. The second-order valence-electron chi connectivity index (χ2n) is 7.10. The largest absolute Gasteiger partial charge is 0.378 e. The second-order valence-corrected chi connectivity index (χ2v) is 7.10. The summed E-state index contributed by atoms with van der Waals surface area (Å²) in [4.78, 5) is 40.3. The fourth-order valence-corrected chi connectivity index (χ4v) is 3.14. The van der Waals surface area contributed by atoms with Gasteiger partial charge in [0, 0.05) is 26.2 Å². The van der Waals surface area contributed by atoms with E-state index >= 15 is 0 Å². The fourth-order valence-electron chi connectivity index (χ4n) is 3.14. The molecule has 0 aromatic carbocycles. The number of amides is 3. The van der Waals surface area contributed by atoms with Gasteiger partial charge in [0.05, 0.1) is 31.7 Å². The minimum Gasteiger partial charge on any atom is -0.378 e. The SMILES string of the molecule is CC(C)[C@H](N)C(=O)NCC(=O)N1CCCC(C(=O)N2CCOCC2)C1. The van der Waals surface area contributed by atoms with E-state index in [0.717, 1.165) is 12.8 Å². The van der Waals surface area contributed by atoms with Gasteiger partial charge in [0.2, 0.25) is 17.7 Å². The molecule has 2 heterocycles. The lowest BCUT2D eigenvalue weighted by atomic mass is 9.96. The molecule has 0 aliphatic carbocycles. The lowest BCUT2D eigenvalue weighted by molar-refractivity contribution is -0.144. The number of carbonyl (C=O) groups is 3. The van der Waals surface area contributed by atoms with Crippen molar-refractivity contribution in [1.29, 1.82) is 0 Å². The van der Waals surface area contributed by atoms with Crippen LogP contribution in [-0.4, -0.2) is 79.5 Å². The Morgan fingerprint density at radius 3 is 2.48 bits per heavy atom. The van der Waals surface area contributed by atoms with Gasteiger partial charge in [-0.3, -0.25) is 14.4 Å². The molecule has 2 aliphatic rings. The summed E-state index contributed by atoms with van der Waals surface area (Å²) >= 11 is 0. The van der Waals surface area contributed by atoms with Gasteiger partial charge in [0.25, 0.3) is 0 Å². The number of morpholine rings is 1. The summed E-state index contributed by atoms with van der Waals surface area (Å²) in [5.41, 5.74) is 5.77. The van der Waals surface area contributed by atoms with Crippen LogP contribution in [0.3, 0.4) is 0 Å². The molecule has 0 radical (unpaired) electrons. The van der Waals surface area contributed by atoms with Gasteiger partial charge in [0.15, 0.2) is 0 Å². The maximum atomic E-state index is 12.6. The number of nitrogens with zero attached hydrogens (tertiary/aromatic N) is 2. The van der Waals surface area contributed by atoms with E-state index in [-0.39, 0.29) is 36.1 Å². The monoisotopic (exact) mass is 354 g/mol. The zero-order valence-corrected chi connectivity index (χ0v) is 15.2. The Hall–Kier alpha value is -1.67. The Kier molecular flexibility index (Phi) is 7.19. The highest BCUT2D eigenvalue weighted by Gasteiger charge is 2.32. The van der Waals surface area contributed by atoms with Crippen LogP contribution >= 0.6 is 0 Å². The van der Waals surface area contributed by atoms with Crippen molar-refractivity contribution < 1.29 is 19.1 Å². The quantitative estimate of drug-likeness (QED) is 0.671. The van der Waals surface area contributed by atoms with E-state index in [1.54, 1.807) is 4.90 Å². The van der Waals surface area contributed by atoms with Gasteiger partial charge in [-0.25, -0.2) is 0 Å². The van der Waals surface area contributed by atoms with Crippen molar-refractivity contribution in [2.45, 2.75) is 32.7 Å². The summed E-state index contributed by atoms with van der Waals surface area (Å²) in [6, 6.07) is -0.621. The third-order valence-electron chi connectivity index (χ3n) is 4.88. The average molecular weight is 354 g/mol. The first-order valence-corrected chi connectivity index (χ1v) is 9.07. The molecule has 25 heavy (non-hydrogen) atoms. The van der Waals surface area contributed by atoms with E-state index in [0.29, 0.717) is 39.4 Å². The summed E-state index contributed by atoms with van der Waals surface area (Å²) < 4.78 is 5.28. The van der Waals surface area contributed by atoms with Crippen LogP contribution in [0.4, 0.5) is 0 Å². The fraction of sp³-hybridized carbons (Fsp3) is 0.824. The number of nitrogens with two attached hydrogens (primary N) is 1. The molecule has 1 unspecified atom stereocenters. The number of piperidine rings is 1. The van der Waals surface area contributed by atoms with E-state index in [2.05, 4.69) is 5.32 Å². The molecule has 0 bridgehead atoms. The Balaban J connectivity index is 1.82. The van der Waals surface area contributed by atoms with Crippen LogP contribution in [0.2, 0.25) is 0 Å². The average Bonchev–Trinajstić information content (AvgIpc) is 2.65. The number of rotatable bonds is 5. The van der Waals surface area contributed by atoms with Gasteiger partial charge < -0.3 is 25.6 Å². The molecule has 142 valence electrons. The maximum Gasteiger partial charge on any atom is 0.241 e. The van der Waals surface area contributed by atoms with Crippen LogP contribution in [-0.2, 0) is 19.1 Å². The molecule has 2 aliphatic heterocycles. The molecule has 2 rings (SSSR count). The number of nitrogens with one attached hydrogen (secondary N) is 1. The molecule has 2 fully saturated rings. The molecule has 2 saturated heterocycles. The van der Waals surface area contributed by atoms with Gasteiger partial charge in [-0.15, -0.1) is 0 Å². The van der Waals surface area contributed by atoms with Gasteiger partial charge in [-0.1, -0.05) is 13.8 Å². The minimum atomic E-state index is -0.621. The van der Waals surface area contributed by atoms with E-state index in [1.165, 1.54) is 0 Å². The van der Waals surface area contributed by atoms with Gasteiger partial charge >= 0.3 is 0 Å². The van der Waals surface area contributed by atoms with Crippen LogP contribution in [0.1, 0.15) is 26.7 Å². The van der Waals surface area contributed by atoms with Gasteiger partial charge in [-0.05, 0) is 18.8 Å². The van der Waals surface area contributed by atoms with Crippen LogP contribution in [0.5, 0.6) is 0 Å². The number of carbonyl (C=O) groups excluding carboxylic acids is 3. The highest BCUT2D eigenvalue weighted by Crippen LogP contribution is 2.19. The summed E-state index contributed by atoms with van der Waals surface area (Å²) in [5, 5.41) is 2.60. The molecule has 0 aromatic heterocycles. The molecule has 0 saturated carbocycles. The highest BCUT2D eigenvalue weighted by molar-refractivity contribution is 5.88. The van der Waals surface area contributed by atoms with Crippen LogP contribution < -0.4 is 11.1 Å². The Morgan fingerprint density at radius 1 is 1.16 bits per heavy atom. The third kappa shape index (κ3) is 5.40. The molecular formula is C17H30N4O4. The van der Waals surface area contributed by atoms with E-state index in [1.807, 2.05) is 18.7 Å². The Labute approximate surface area is 149 Å². The molecule has 0 spiro atoms. The first kappa shape index (κ1) is 19.7. The first-order chi connectivity index (χ1) is 11.9. The Bertz CT molecular complexity index is 491. The van der Waals surface area contributed by atoms with E-state index in [9.17, 15) is 14.4 Å². The van der Waals surface area contributed by atoms with Crippen molar-refractivity contribution in [2.75, 3.05) is 45.9 Å². The molecule has 0 aromatic rings. The predicted molar refractivity (Wildman–Crippen MR) is 92.5 cm³/mol. The molecule has 8 nitrogen and oxygen atoms in total. The van der Waals surface area contributed by atoms with Gasteiger partial charge in [0.1, 0.15) is 0 Å². The lowest BCUT2D eigenvalue weighted by Crippen LogP contribution is -2.52. The molecule has 2 atom stereocenters.